The van der Waals surface area contributed by atoms with Gasteiger partial charge in [0.05, 0.1) is 11.9 Å². The first-order valence-electron chi connectivity index (χ1n) is 5.62. The Hall–Kier alpha value is -1.84. The van der Waals surface area contributed by atoms with Crippen molar-refractivity contribution in [1.29, 1.82) is 0 Å². The van der Waals surface area contributed by atoms with Crippen LogP contribution in [0.2, 0.25) is 5.02 Å². The van der Waals surface area contributed by atoms with E-state index in [1.165, 1.54) is 0 Å². The van der Waals surface area contributed by atoms with Crippen molar-refractivity contribution in [2.75, 3.05) is 5.43 Å². The number of halogens is 1. The minimum absolute atomic E-state index is 0.420. The zero-order valence-corrected chi connectivity index (χ0v) is 10.6. The first kappa shape index (κ1) is 12.6. The van der Waals surface area contributed by atoms with Gasteiger partial charge < -0.3 is 5.73 Å². The number of benzene rings is 2. The second kappa shape index (κ2) is 6.19. The first-order valence-corrected chi connectivity index (χ1v) is 6.00. The normalized spacial score (nSPS) is 10.8. The van der Waals surface area contributed by atoms with Crippen LogP contribution in [0.3, 0.4) is 0 Å². The van der Waals surface area contributed by atoms with Crippen LogP contribution in [0.1, 0.15) is 11.1 Å². The zero-order chi connectivity index (χ0) is 12.8. The summed E-state index contributed by atoms with van der Waals surface area (Å²) in [5.74, 6) is 0. The van der Waals surface area contributed by atoms with Gasteiger partial charge in [-0.15, -0.1) is 0 Å². The van der Waals surface area contributed by atoms with Gasteiger partial charge in [-0.05, 0) is 29.3 Å². The molecule has 3 N–H and O–H groups in total. The summed E-state index contributed by atoms with van der Waals surface area (Å²) >= 11 is 5.90. The Kier molecular flexibility index (Phi) is 4.34. The molecule has 0 aliphatic heterocycles. The van der Waals surface area contributed by atoms with Crippen molar-refractivity contribution in [1.82, 2.24) is 0 Å². The summed E-state index contributed by atoms with van der Waals surface area (Å²) in [6.07, 6.45) is 1.76. The number of anilines is 1. The average Bonchev–Trinajstić information content (AvgIpc) is 2.41. The van der Waals surface area contributed by atoms with Crippen molar-refractivity contribution in [2.24, 2.45) is 10.8 Å². The predicted octanol–water partition coefficient (Wildman–Crippen LogP) is 3.24. The van der Waals surface area contributed by atoms with Gasteiger partial charge in [0.15, 0.2) is 0 Å². The molecule has 2 aromatic rings. The third-order valence-corrected chi connectivity index (χ3v) is 2.72. The largest absolute Gasteiger partial charge is 0.326 e. The molecule has 0 spiro atoms. The van der Waals surface area contributed by atoms with E-state index in [0.29, 0.717) is 11.6 Å². The summed E-state index contributed by atoms with van der Waals surface area (Å²) in [5, 5.41) is 4.85. The fourth-order valence-corrected chi connectivity index (χ4v) is 1.75. The lowest BCUT2D eigenvalue weighted by Crippen LogP contribution is -2.01. The summed E-state index contributed by atoms with van der Waals surface area (Å²) in [7, 11) is 0. The second-order valence-electron chi connectivity index (χ2n) is 3.79. The van der Waals surface area contributed by atoms with Gasteiger partial charge in [0, 0.05) is 11.6 Å². The smallest absolute Gasteiger partial charge is 0.0607 e. The van der Waals surface area contributed by atoms with Crippen molar-refractivity contribution < 1.29 is 0 Å². The molecule has 18 heavy (non-hydrogen) atoms. The Balaban J connectivity index is 2.08. The molecule has 3 nitrogen and oxygen atoms in total. The third kappa shape index (κ3) is 3.32. The third-order valence-electron chi connectivity index (χ3n) is 2.49. The SMILES string of the molecule is NCc1cc(Cl)ccc1NN=Cc1ccccc1. The van der Waals surface area contributed by atoms with Crippen molar-refractivity contribution in [3.63, 3.8) is 0 Å². The van der Waals surface area contributed by atoms with Crippen LogP contribution in [0.4, 0.5) is 5.69 Å². The van der Waals surface area contributed by atoms with Crippen LogP contribution in [0.15, 0.2) is 53.6 Å². The van der Waals surface area contributed by atoms with Crippen LogP contribution in [-0.2, 0) is 6.54 Å². The van der Waals surface area contributed by atoms with E-state index in [9.17, 15) is 0 Å². The Bertz CT molecular complexity index is 538. The number of hydrazone groups is 1. The highest BCUT2D eigenvalue weighted by molar-refractivity contribution is 6.30. The van der Waals surface area contributed by atoms with E-state index < -0.39 is 0 Å². The molecule has 0 atom stereocenters. The molecular weight excluding hydrogens is 246 g/mol. The van der Waals surface area contributed by atoms with Crippen molar-refractivity contribution >= 4 is 23.5 Å². The lowest BCUT2D eigenvalue weighted by atomic mass is 10.2. The van der Waals surface area contributed by atoms with Crippen molar-refractivity contribution in [3.8, 4) is 0 Å². The quantitative estimate of drug-likeness (QED) is 0.654. The summed E-state index contributed by atoms with van der Waals surface area (Å²) in [6.45, 7) is 0.420. The Morgan fingerprint density at radius 3 is 2.67 bits per heavy atom. The highest BCUT2D eigenvalue weighted by Gasteiger charge is 2.00. The van der Waals surface area contributed by atoms with Crippen LogP contribution < -0.4 is 11.2 Å². The second-order valence-corrected chi connectivity index (χ2v) is 4.22. The van der Waals surface area contributed by atoms with Crippen molar-refractivity contribution in [2.45, 2.75) is 6.54 Å². The fraction of sp³-hybridized carbons (Fsp3) is 0.0714. The number of nitrogens with two attached hydrogens (primary N) is 1. The molecule has 2 aromatic carbocycles. The molecule has 0 amide bonds. The zero-order valence-electron chi connectivity index (χ0n) is 9.81. The van der Waals surface area contributed by atoms with E-state index in [1.807, 2.05) is 42.5 Å². The molecular formula is C14H14ClN3. The van der Waals surface area contributed by atoms with Crippen LogP contribution in [-0.4, -0.2) is 6.21 Å². The van der Waals surface area contributed by atoms with E-state index in [0.717, 1.165) is 16.8 Å². The molecule has 0 aliphatic rings. The predicted molar refractivity (Wildman–Crippen MR) is 77.0 cm³/mol. The van der Waals surface area contributed by atoms with Gasteiger partial charge in [0.25, 0.3) is 0 Å². The highest BCUT2D eigenvalue weighted by atomic mass is 35.5. The molecule has 2 rings (SSSR count). The van der Waals surface area contributed by atoms with Gasteiger partial charge in [-0.3, -0.25) is 5.43 Å². The Morgan fingerprint density at radius 2 is 1.94 bits per heavy atom. The monoisotopic (exact) mass is 259 g/mol. The van der Waals surface area contributed by atoms with Gasteiger partial charge in [-0.2, -0.15) is 5.10 Å². The Labute approximate surface area is 111 Å². The lowest BCUT2D eigenvalue weighted by Gasteiger charge is -2.06. The van der Waals surface area contributed by atoms with Crippen LogP contribution in [0, 0.1) is 0 Å². The summed E-state index contributed by atoms with van der Waals surface area (Å²) in [5.41, 5.74) is 11.5. The highest BCUT2D eigenvalue weighted by Crippen LogP contribution is 2.20. The average molecular weight is 260 g/mol. The maximum Gasteiger partial charge on any atom is 0.0607 e. The summed E-state index contributed by atoms with van der Waals surface area (Å²) < 4.78 is 0. The minimum atomic E-state index is 0.420. The molecule has 0 aromatic heterocycles. The van der Waals surface area contributed by atoms with Crippen LogP contribution in [0.25, 0.3) is 0 Å². The number of hydrogen-bond acceptors (Lipinski definition) is 3. The van der Waals surface area contributed by atoms with Gasteiger partial charge in [0.2, 0.25) is 0 Å². The molecule has 0 aliphatic carbocycles. The van der Waals surface area contributed by atoms with E-state index in [4.69, 9.17) is 17.3 Å². The number of rotatable bonds is 4. The van der Waals surface area contributed by atoms with Crippen molar-refractivity contribution in [3.05, 3.63) is 64.7 Å². The molecule has 0 heterocycles. The van der Waals surface area contributed by atoms with Crippen LogP contribution >= 0.6 is 11.6 Å². The number of nitrogens with one attached hydrogen (secondary N) is 1. The van der Waals surface area contributed by atoms with E-state index in [-0.39, 0.29) is 0 Å². The Morgan fingerprint density at radius 1 is 1.17 bits per heavy atom. The first-order chi connectivity index (χ1) is 8.79. The van der Waals surface area contributed by atoms with Crippen LogP contribution in [0.5, 0.6) is 0 Å². The molecule has 0 fully saturated rings. The number of hydrogen-bond donors (Lipinski definition) is 2. The fourth-order valence-electron chi connectivity index (χ4n) is 1.56. The topological polar surface area (TPSA) is 50.4 Å². The summed E-state index contributed by atoms with van der Waals surface area (Å²) in [6, 6.07) is 15.4. The maximum atomic E-state index is 5.90. The summed E-state index contributed by atoms with van der Waals surface area (Å²) in [4.78, 5) is 0. The molecule has 0 radical (unpaired) electrons. The van der Waals surface area contributed by atoms with Gasteiger partial charge >= 0.3 is 0 Å². The standard InChI is InChI=1S/C14H14ClN3/c15-13-6-7-14(12(8-13)9-16)18-17-10-11-4-2-1-3-5-11/h1-8,10,18H,9,16H2. The molecule has 0 saturated heterocycles. The molecule has 0 bridgehead atoms. The molecule has 0 unspecified atom stereocenters. The lowest BCUT2D eigenvalue weighted by molar-refractivity contribution is 1.07. The van der Waals surface area contributed by atoms with Gasteiger partial charge in [0.1, 0.15) is 0 Å². The maximum absolute atomic E-state index is 5.90. The minimum Gasteiger partial charge on any atom is -0.326 e. The number of nitrogens with zero attached hydrogens (tertiary/aromatic N) is 1. The molecule has 92 valence electrons. The molecule has 4 heteroatoms. The van der Waals surface area contributed by atoms with Gasteiger partial charge in [-0.25, -0.2) is 0 Å². The van der Waals surface area contributed by atoms with E-state index in [2.05, 4.69) is 10.5 Å². The van der Waals surface area contributed by atoms with E-state index in [1.54, 1.807) is 12.3 Å². The molecule has 0 saturated carbocycles. The van der Waals surface area contributed by atoms with E-state index >= 15 is 0 Å². The van der Waals surface area contributed by atoms with Gasteiger partial charge in [-0.1, -0.05) is 41.9 Å².